The van der Waals surface area contributed by atoms with Crippen LogP contribution in [0.3, 0.4) is 0 Å². The van der Waals surface area contributed by atoms with Gasteiger partial charge in [0.2, 0.25) is 0 Å². The summed E-state index contributed by atoms with van der Waals surface area (Å²) < 4.78 is 13.7. The summed E-state index contributed by atoms with van der Waals surface area (Å²) in [6, 6.07) is 8.31. The number of anilines is 1. The van der Waals surface area contributed by atoms with Gasteiger partial charge in [0.15, 0.2) is 0 Å². The fourth-order valence-electron chi connectivity index (χ4n) is 1.67. The summed E-state index contributed by atoms with van der Waals surface area (Å²) in [6.07, 6.45) is 0. The molecule has 0 aliphatic rings. The van der Waals surface area contributed by atoms with Gasteiger partial charge in [-0.05, 0) is 52.7 Å². The minimum absolute atomic E-state index is 0.117. The molecule has 108 valence electrons. The van der Waals surface area contributed by atoms with E-state index < -0.39 is 16.6 Å². The third kappa shape index (κ3) is 3.43. The van der Waals surface area contributed by atoms with Crippen molar-refractivity contribution in [2.24, 2.45) is 0 Å². The molecule has 0 fully saturated rings. The number of halogens is 2. The molecule has 0 unspecified atom stereocenters. The molecule has 0 aliphatic carbocycles. The van der Waals surface area contributed by atoms with E-state index in [2.05, 4.69) is 21.2 Å². The van der Waals surface area contributed by atoms with Crippen LogP contribution in [-0.4, -0.2) is 10.8 Å². The van der Waals surface area contributed by atoms with Gasteiger partial charge in [-0.2, -0.15) is 0 Å². The number of hydrogen-bond donors (Lipinski definition) is 1. The molecule has 0 aromatic heterocycles. The molecule has 0 spiro atoms. The first kappa shape index (κ1) is 15.1. The number of nitrogens with zero attached hydrogens (tertiary/aromatic N) is 1. The van der Waals surface area contributed by atoms with Gasteiger partial charge in [-0.3, -0.25) is 14.9 Å². The molecule has 0 saturated carbocycles. The van der Waals surface area contributed by atoms with Crippen molar-refractivity contribution in [2.45, 2.75) is 6.92 Å². The minimum Gasteiger partial charge on any atom is -0.322 e. The SMILES string of the molecule is Cc1ccc(NC(=O)c2ccc(Br)c([N+](=O)[O-])c2)cc1F. The highest BCUT2D eigenvalue weighted by atomic mass is 79.9. The Balaban J connectivity index is 2.26. The molecule has 2 rings (SSSR count). The smallest absolute Gasteiger partial charge is 0.284 e. The first-order valence-corrected chi connectivity index (χ1v) is 6.69. The first-order valence-electron chi connectivity index (χ1n) is 5.90. The zero-order valence-corrected chi connectivity index (χ0v) is 12.5. The van der Waals surface area contributed by atoms with E-state index in [0.717, 1.165) is 6.07 Å². The van der Waals surface area contributed by atoms with Crippen molar-refractivity contribution in [1.29, 1.82) is 0 Å². The average molecular weight is 353 g/mol. The van der Waals surface area contributed by atoms with E-state index in [9.17, 15) is 19.3 Å². The van der Waals surface area contributed by atoms with E-state index in [1.54, 1.807) is 13.0 Å². The molecule has 1 N–H and O–H groups in total. The van der Waals surface area contributed by atoms with Crippen molar-refractivity contribution in [3.8, 4) is 0 Å². The first-order chi connectivity index (χ1) is 9.88. The van der Waals surface area contributed by atoms with Crippen LogP contribution in [0.15, 0.2) is 40.9 Å². The summed E-state index contributed by atoms with van der Waals surface area (Å²) in [4.78, 5) is 22.3. The molecule has 0 bridgehead atoms. The number of aryl methyl sites for hydroxylation is 1. The molecule has 21 heavy (non-hydrogen) atoms. The monoisotopic (exact) mass is 352 g/mol. The largest absolute Gasteiger partial charge is 0.322 e. The predicted octanol–water partition coefficient (Wildman–Crippen LogP) is 4.06. The van der Waals surface area contributed by atoms with Crippen LogP contribution in [0.25, 0.3) is 0 Å². The average Bonchev–Trinajstić information content (AvgIpc) is 2.43. The summed E-state index contributed by atoms with van der Waals surface area (Å²) in [6.45, 7) is 1.61. The van der Waals surface area contributed by atoms with E-state index in [-0.39, 0.29) is 21.4 Å². The molecule has 0 heterocycles. The van der Waals surface area contributed by atoms with Crippen LogP contribution in [0.4, 0.5) is 15.8 Å². The number of benzene rings is 2. The number of nitro groups is 1. The molecular formula is C14H10BrFN2O3. The van der Waals surface area contributed by atoms with E-state index >= 15 is 0 Å². The van der Waals surface area contributed by atoms with Crippen LogP contribution in [0.5, 0.6) is 0 Å². The van der Waals surface area contributed by atoms with Crippen LogP contribution in [0.1, 0.15) is 15.9 Å². The Morgan fingerprint density at radius 1 is 1.29 bits per heavy atom. The lowest BCUT2D eigenvalue weighted by atomic mass is 10.1. The highest BCUT2D eigenvalue weighted by Gasteiger charge is 2.16. The van der Waals surface area contributed by atoms with Gasteiger partial charge in [-0.1, -0.05) is 6.07 Å². The van der Waals surface area contributed by atoms with Gasteiger partial charge in [-0.25, -0.2) is 4.39 Å². The second-order valence-corrected chi connectivity index (χ2v) is 5.20. The number of nitro benzene ring substituents is 1. The van der Waals surface area contributed by atoms with Gasteiger partial charge < -0.3 is 5.32 Å². The normalized spacial score (nSPS) is 10.2. The molecule has 5 nitrogen and oxygen atoms in total. The molecule has 1 amide bonds. The maximum atomic E-state index is 13.4. The number of nitrogens with one attached hydrogen (secondary N) is 1. The molecule has 0 saturated heterocycles. The molecule has 0 radical (unpaired) electrons. The minimum atomic E-state index is -0.591. The summed E-state index contributed by atoms with van der Waals surface area (Å²) in [5.41, 5.74) is 0.657. The van der Waals surface area contributed by atoms with Crippen molar-refractivity contribution in [2.75, 3.05) is 5.32 Å². The number of amides is 1. The molecule has 7 heteroatoms. The maximum absolute atomic E-state index is 13.4. The van der Waals surface area contributed by atoms with E-state index in [0.29, 0.717) is 5.56 Å². The molecule has 0 aliphatic heterocycles. The highest BCUT2D eigenvalue weighted by molar-refractivity contribution is 9.10. The predicted molar refractivity (Wildman–Crippen MR) is 79.9 cm³/mol. The quantitative estimate of drug-likeness (QED) is 0.668. The number of hydrogen-bond acceptors (Lipinski definition) is 3. The van der Waals surface area contributed by atoms with Crippen LogP contribution in [-0.2, 0) is 0 Å². The fraction of sp³-hybridized carbons (Fsp3) is 0.0714. The van der Waals surface area contributed by atoms with Gasteiger partial charge >= 0.3 is 0 Å². The van der Waals surface area contributed by atoms with E-state index in [4.69, 9.17) is 0 Å². The Labute approximate surface area is 128 Å². The van der Waals surface area contributed by atoms with Crippen molar-refractivity contribution >= 4 is 33.2 Å². The van der Waals surface area contributed by atoms with E-state index in [1.165, 1.54) is 24.3 Å². The Hall–Kier alpha value is -2.28. The highest BCUT2D eigenvalue weighted by Crippen LogP contribution is 2.26. The van der Waals surface area contributed by atoms with Crippen LogP contribution >= 0.6 is 15.9 Å². The van der Waals surface area contributed by atoms with Crippen molar-refractivity contribution in [1.82, 2.24) is 0 Å². The molecule has 0 atom stereocenters. The van der Waals surface area contributed by atoms with Gasteiger partial charge in [0.25, 0.3) is 11.6 Å². The van der Waals surface area contributed by atoms with Gasteiger partial charge in [0, 0.05) is 17.3 Å². The summed E-state index contributed by atoms with van der Waals surface area (Å²) >= 11 is 3.04. The molecule has 2 aromatic carbocycles. The lowest BCUT2D eigenvalue weighted by Crippen LogP contribution is -2.12. The summed E-state index contributed by atoms with van der Waals surface area (Å²) in [5, 5.41) is 13.3. The molecular weight excluding hydrogens is 343 g/mol. The van der Waals surface area contributed by atoms with Gasteiger partial charge in [0.1, 0.15) is 5.82 Å². The third-order valence-electron chi connectivity index (χ3n) is 2.83. The fourth-order valence-corrected chi connectivity index (χ4v) is 2.06. The second-order valence-electron chi connectivity index (χ2n) is 4.34. The van der Waals surface area contributed by atoms with Crippen molar-refractivity contribution < 1.29 is 14.1 Å². The van der Waals surface area contributed by atoms with Crippen LogP contribution in [0, 0.1) is 22.9 Å². The van der Waals surface area contributed by atoms with Crippen molar-refractivity contribution in [3.63, 3.8) is 0 Å². The number of carbonyl (C=O) groups excluding carboxylic acids is 1. The summed E-state index contributed by atoms with van der Waals surface area (Å²) in [7, 11) is 0. The Bertz CT molecular complexity index is 734. The zero-order valence-electron chi connectivity index (χ0n) is 10.9. The summed E-state index contributed by atoms with van der Waals surface area (Å²) in [5.74, 6) is -0.983. The van der Waals surface area contributed by atoms with Gasteiger partial charge in [0.05, 0.1) is 9.40 Å². The standard InChI is InChI=1S/C14H10BrFN2O3/c1-8-2-4-10(7-12(8)16)17-14(19)9-3-5-11(15)13(6-9)18(20)21/h2-7H,1H3,(H,17,19). The maximum Gasteiger partial charge on any atom is 0.284 e. The third-order valence-corrected chi connectivity index (χ3v) is 3.51. The van der Waals surface area contributed by atoms with Crippen LogP contribution in [0.2, 0.25) is 0 Å². The lowest BCUT2D eigenvalue weighted by Gasteiger charge is -2.07. The number of carbonyl (C=O) groups is 1. The molecule has 2 aromatic rings. The van der Waals surface area contributed by atoms with E-state index in [1.807, 2.05) is 0 Å². The number of rotatable bonds is 3. The Morgan fingerprint density at radius 3 is 2.62 bits per heavy atom. The lowest BCUT2D eigenvalue weighted by molar-refractivity contribution is -0.385. The Kier molecular flexibility index (Phi) is 4.32. The topological polar surface area (TPSA) is 72.2 Å². The van der Waals surface area contributed by atoms with Gasteiger partial charge in [-0.15, -0.1) is 0 Å². The second kappa shape index (κ2) is 6.01. The zero-order chi connectivity index (χ0) is 15.6. The van der Waals surface area contributed by atoms with Crippen LogP contribution < -0.4 is 5.32 Å². The Morgan fingerprint density at radius 2 is 2.00 bits per heavy atom. The van der Waals surface area contributed by atoms with Crippen molar-refractivity contribution in [3.05, 3.63) is 67.9 Å².